The highest BCUT2D eigenvalue weighted by atomic mass is 32.2. The smallest absolute Gasteiger partial charge is 0.123 e. The van der Waals surface area contributed by atoms with E-state index in [9.17, 15) is 9.50 Å². The molecule has 0 heterocycles. The molecule has 0 aliphatic rings. The van der Waals surface area contributed by atoms with Crippen molar-refractivity contribution in [2.75, 3.05) is 0 Å². The first kappa shape index (κ1) is 24.6. The van der Waals surface area contributed by atoms with Gasteiger partial charge in [0.2, 0.25) is 0 Å². The number of aliphatic hydroxyl groups excluding tert-OH is 1. The van der Waals surface area contributed by atoms with Crippen molar-refractivity contribution in [3.05, 3.63) is 88.2 Å². The largest absolute Gasteiger partial charge is 0.389 e. The summed E-state index contributed by atoms with van der Waals surface area (Å²) < 4.78 is 15.4. The van der Waals surface area contributed by atoms with Crippen molar-refractivity contribution in [3.63, 3.8) is 0 Å². The maximum Gasteiger partial charge on any atom is 0.123 e. The van der Waals surface area contributed by atoms with E-state index in [1.54, 1.807) is 4.70 Å². The van der Waals surface area contributed by atoms with Crippen LogP contribution in [0.25, 0.3) is 11.1 Å². The van der Waals surface area contributed by atoms with Gasteiger partial charge < -0.3 is 5.11 Å². The summed E-state index contributed by atoms with van der Waals surface area (Å²) in [6.45, 7) is 10.6. The molecule has 168 valence electrons. The zero-order chi connectivity index (χ0) is 23.4. The third kappa shape index (κ3) is 5.48. The summed E-state index contributed by atoms with van der Waals surface area (Å²) in [5, 5.41) is 10.9. The van der Waals surface area contributed by atoms with Gasteiger partial charge >= 0.3 is 0 Å². The normalized spacial score (nSPS) is 12.4. The van der Waals surface area contributed by atoms with Gasteiger partial charge in [-0.15, -0.1) is 0 Å². The average Bonchev–Trinajstić information content (AvgIpc) is 2.75. The highest BCUT2D eigenvalue weighted by Gasteiger charge is 2.24. The highest BCUT2D eigenvalue weighted by molar-refractivity contribution is 8.20. The minimum Gasteiger partial charge on any atom is -0.389 e. The summed E-state index contributed by atoms with van der Waals surface area (Å²) in [6.07, 6.45) is 0.106. The molecular weight excluding hydrogens is 435 g/mol. The first-order valence-corrected chi connectivity index (χ1v) is 12.4. The van der Waals surface area contributed by atoms with Gasteiger partial charge in [-0.25, -0.2) is 4.39 Å². The molecule has 4 heteroatoms. The number of hydrogen-bond acceptors (Lipinski definition) is 3. The van der Waals surface area contributed by atoms with Crippen LogP contribution in [0.1, 0.15) is 80.4 Å². The number of halogens is 1. The van der Waals surface area contributed by atoms with Crippen molar-refractivity contribution in [2.45, 2.75) is 63.9 Å². The van der Waals surface area contributed by atoms with Gasteiger partial charge in [-0.3, -0.25) is 0 Å². The van der Waals surface area contributed by atoms with Gasteiger partial charge in [0.25, 0.3) is 0 Å². The summed E-state index contributed by atoms with van der Waals surface area (Å²) in [6, 6.07) is 17.4. The molecule has 1 atom stereocenters. The molecule has 0 radical (unpaired) electrons. The Bertz CT molecular complexity index is 1070. The van der Waals surface area contributed by atoms with E-state index in [2.05, 4.69) is 58.0 Å². The van der Waals surface area contributed by atoms with Crippen molar-refractivity contribution < 1.29 is 9.50 Å². The van der Waals surface area contributed by atoms with Crippen molar-refractivity contribution in [2.24, 2.45) is 0 Å². The van der Waals surface area contributed by atoms with Crippen LogP contribution in [0.15, 0.2) is 59.5 Å². The Morgan fingerprint density at radius 1 is 0.906 bits per heavy atom. The molecule has 1 N–H and O–H groups in total. The second-order valence-corrected chi connectivity index (χ2v) is 10.3. The molecule has 0 bridgehead atoms. The first-order chi connectivity index (χ1) is 15.2. The van der Waals surface area contributed by atoms with E-state index in [1.165, 1.54) is 40.6 Å². The third-order valence-electron chi connectivity index (χ3n) is 5.82. The fourth-order valence-corrected chi connectivity index (χ4v) is 5.05. The van der Waals surface area contributed by atoms with Crippen molar-refractivity contribution in [1.82, 2.24) is 0 Å². The standard InChI is InChI=1S/C28H31FOS2/c1-17(2)24-15-25(18(3)4)27(19(5)30)28(21-8-10-22(29)11-9-21)26(24)14-20-6-12-23(13-7-20)32-16-31/h6-13,15-19,30H,14H2,1-5H3. The molecule has 0 fully saturated rings. The van der Waals surface area contributed by atoms with Crippen LogP contribution in [-0.2, 0) is 6.42 Å². The maximum atomic E-state index is 13.8. The van der Waals surface area contributed by atoms with Crippen molar-refractivity contribution in [3.8, 4) is 11.1 Å². The van der Waals surface area contributed by atoms with Crippen LogP contribution >= 0.6 is 24.0 Å². The fourth-order valence-electron chi connectivity index (χ4n) is 4.31. The summed E-state index contributed by atoms with van der Waals surface area (Å²) >= 11 is 6.49. The van der Waals surface area contributed by atoms with Crippen LogP contribution in [0.5, 0.6) is 0 Å². The predicted molar refractivity (Wildman–Crippen MR) is 139 cm³/mol. The molecule has 3 aromatic rings. The number of thiocarbonyl (C=S) groups is 1. The van der Waals surface area contributed by atoms with E-state index in [0.717, 1.165) is 33.6 Å². The topological polar surface area (TPSA) is 20.2 Å². The summed E-state index contributed by atoms with van der Waals surface area (Å²) in [4.78, 5) is 1.12. The van der Waals surface area contributed by atoms with Gasteiger partial charge in [0.1, 0.15) is 5.82 Å². The van der Waals surface area contributed by atoms with Gasteiger partial charge in [-0.05, 0) is 88.4 Å². The van der Waals surface area contributed by atoms with Crippen LogP contribution < -0.4 is 0 Å². The Hall–Kier alpha value is -2.01. The summed E-state index contributed by atoms with van der Waals surface area (Å²) in [5.74, 6) is 0.315. The number of thioether (sulfide) groups is 1. The van der Waals surface area contributed by atoms with Crippen LogP contribution in [-0.4, -0.2) is 9.81 Å². The number of rotatable bonds is 8. The molecule has 1 nitrogen and oxygen atoms in total. The van der Waals surface area contributed by atoms with Crippen LogP contribution in [0.3, 0.4) is 0 Å². The Balaban J connectivity index is 2.30. The molecule has 3 aromatic carbocycles. The van der Waals surface area contributed by atoms with Gasteiger partial charge in [0.15, 0.2) is 0 Å². The van der Waals surface area contributed by atoms with Gasteiger partial charge in [0, 0.05) is 9.59 Å². The predicted octanol–water partition coefficient (Wildman–Crippen LogP) is 8.43. The zero-order valence-electron chi connectivity index (χ0n) is 19.4. The fraction of sp³-hybridized carbons (Fsp3) is 0.321. The number of hydrogen-bond donors (Lipinski definition) is 1. The number of benzene rings is 3. The molecule has 0 aliphatic carbocycles. The molecule has 0 saturated heterocycles. The molecule has 32 heavy (non-hydrogen) atoms. The molecule has 1 unspecified atom stereocenters. The number of aliphatic hydroxyl groups is 1. The SMILES string of the molecule is CC(C)c1cc(C(C)C)c(C(C)O)c(-c2ccc(F)cc2)c1Cc1ccc(SC=S)cc1. The summed E-state index contributed by atoms with van der Waals surface area (Å²) in [7, 11) is 0. The lowest BCUT2D eigenvalue weighted by molar-refractivity contribution is 0.198. The molecule has 0 aromatic heterocycles. The minimum absolute atomic E-state index is 0.260. The maximum absolute atomic E-state index is 13.8. The van der Waals surface area contributed by atoms with Crippen LogP contribution in [0, 0.1) is 5.82 Å². The van der Waals surface area contributed by atoms with Crippen LogP contribution in [0.2, 0.25) is 0 Å². The van der Waals surface area contributed by atoms with E-state index in [-0.39, 0.29) is 11.7 Å². The van der Waals surface area contributed by atoms with Crippen LogP contribution in [0.4, 0.5) is 4.39 Å². The second-order valence-electron chi connectivity index (χ2n) is 8.85. The highest BCUT2D eigenvalue weighted by Crippen LogP contribution is 2.42. The van der Waals surface area contributed by atoms with Crippen molar-refractivity contribution in [1.29, 1.82) is 0 Å². The quantitative estimate of drug-likeness (QED) is 0.266. The Kier molecular flexibility index (Phi) is 8.26. The van der Waals surface area contributed by atoms with E-state index < -0.39 is 6.10 Å². The lowest BCUT2D eigenvalue weighted by atomic mass is 9.78. The van der Waals surface area contributed by atoms with Gasteiger partial charge in [0.05, 0.1) is 6.10 Å². The van der Waals surface area contributed by atoms with E-state index in [4.69, 9.17) is 12.2 Å². The Labute approximate surface area is 201 Å². The third-order valence-corrected chi connectivity index (χ3v) is 6.75. The molecule has 0 amide bonds. The Morgan fingerprint density at radius 3 is 2.00 bits per heavy atom. The minimum atomic E-state index is -0.631. The molecule has 0 spiro atoms. The van der Waals surface area contributed by atoms with E-state index >= 15 is 0 Å². The van der Waals surface area contributed by atoms with Gasteiger partial charge in [-0.2, -0.15) is 0 Å². The average molecular weight is 467 g/mol. The Morgan fingerprint density at radius 2 is 1.50 bits per heavy atom. The monoisotopic (exact) mass is 466 g/mol. The summed E-state index contributed by atoms with van der Waals surface area (Å²) in [5.41, 5.74) is 7.73. The zero-order valence-corrected chi connectivity index (χ0v) is 21.0. The molecule has 3 rings (SSSR count). The lowest BCUT2D eigenvalue weighted by Crippen LogP contribution is -2.11. The first-order valence-electron chi connectivity index (χ1n) is 11.1. The lowest BCUT2D eigenvalue weighted by Gasteiger charge is -2.27. The molecule has 0 aliphatic heterocycles. The van der Waals surface area contributed by atoms with Gasteiger partial charge in [-0.1, -0.05) is 82.0 Å². The van der Waals surface area contributed by atoms with E-state index in [1.807, 2.05) is 19.1 Å². The molecule has 0 saturated carbocycles. The second kappa shape index (κ2) is 10.7. The van der Waals surface area contributed by atoms with Crippen molar-refractivity contribution >= 4 is 28.7 Å². The molecular formula is C28H31FOS2. The van der Waals surface area contributed by atoms with E-state index in [0.29, 0.717) is 5.92 Å².